The lowest BCUT2D eigenvalue weighted by Gasteiger charge is -2.18. The van der Waals surface area contributed by atoms with Crippen LogP contribution < -0.4 is 14.8 Å². The van der Waals surface area contributed by atoms with Gasteiger partial charge in [-0.1, -0.05) is 11.6 Å². The highest BCUT2D eigenvalue weighted by atomic mass is 79.9. The SMILES string of the molecule is O=C(Nc1ccc(Br)c(Cl)c1)c1ccc2c(c1)OCCO2. The molecule has 0 radical (unpaired) electrons. The average molecular weight is 369 g/mol. The Hall–Kier alpha value is -1.72. The van der Waals surface area contributed by atoms with Gasteiger partial charge in [0, 0.05) is 15.7 Å². The summed E-state index contributed by atoms with van der Waals surface area (Å²) in [5.41, 5.74) is 1.13. The highest BCUT2D eigenvalue weighted by molar-refractivity contribution is 9.10. The van der Waals surface area contributed by atoms with Gasteiger partial charge in [0.1, 0.15) is 13.2 Å². The molecular weight excluding hydrogens is 358 g/mol. The number of carbonyl (C=O) groups excluding carboxylic acids is 1. The van der Waals surface area contributed by atoms with Crippen molar-refractivity contribution >= 4 is 39.1 Å². The highest BCUT2D eigenvalue weighted by Crippen LogP contribution is 2.31. The van der Waals surface area contributed by atoms with Crippen LogP contribution in [0, 0.1) is 0 Å². The van der Waals surface area contributed by atoms with E-state index in [4.69, 9.17) is 21.1 Å². The van der Waals surface area contributed by atoms with E-state index in [0.29, 0.717) is 41.0 Å². The quantitative estimate of drug-likeness (QED) is 0.867. The summed E-state index contributed by atoms with van der Waals surface area (Å²) in [6, 6.07) is 10.3. The maximum atomic E-state index is 12.2. The van der Waals surface area contributed by atoms with Crippen LogP contribution in [-0.4, -0.2) is 19.1 Å². The standard InChI is InChI=1S/C15H11BrClNO3/c16-11-3-2-10(8-12(11)17)18-15(19)9-1-4-13-14(7-9)21-6-5-20-13/h1-4,7-8H,5-6H2,(H,18,19). The molecule has 2 aromatic carbocycles. The molecule has 0 atom stereocenters. The van der Waals surface area contributed by atoms with Crippen LogP contribution in [0.2, 0.25) is 5.02 Å². The first-order chi connectivity index (χ1) is 10.1. The van der Waals surface area contributed by atoms with E-state index in [0.717, 1.165) is 4.47 Å². The number of amides is 1. The second-order valence-corrected chi connectivity index (χ2v) is 5.70. The van der Waals surface area contributed by atoms with Gasteiger partial charge in [-0.05, 0) is 52.3 Å². The van der Waals surface area contributed by atoms with Crippen LogP contribution in [0.25, 0.3) is 0 Å². The molecule has 0 fully saturated rings. The zero-order valence-electron chi connectivity index (χ0n) is 10.9. The summed E-state index contributed by atoms with van der Waals surface area (Å²) >= 11 is 9.31. The molecule has 1 N–H and O–H groups in total. The van der Waals surface area contributed by atoms with Crippen molar-refractivity contribution in [2.45, 2.75) is 0 Å². The summed E-state index contributed by atoms with van der Waals surface area (Å²) in [6.45, 7) is 1.01. The summed E-state index contributed by atoms with van der Waals surface area (Å²) in [7, 11) is 0. The summed E-state index contributed by atoms with van der Waals surface area (Å²) in [5, 5.41) is 3.33. The van der Waals surface area contributed by atoms with Gasteiger partial charge in [0.25, 0.3) is 5.91 Å². The smallest absolute Gasteiger partial charge is 0.255 e. The van der Waals surface area contributed by atoms with Gasteiger partial charge in [0.2, 0.25) is 0 Å². The number of hydrogen-bond donors (Lipinski definition) is 1. The lowest BCUT2D eigenvalue weighted by atomic mass is 10.1. The van der Waals surface area contributed by atoms with Crippen molar-refractivity contribution in [3.8, 4) is 11.5 Å². The Morgan fingerprint density at radius 3 is 2.62 bits per heavy atom. The van der Waals surface area contributed by atoms with Gasteiger partial charge < -0.3 is 14.8 Å². The van der Waals surface area contributed by atoms with Gasteiger partial charge in [0.05, 0.1) is 5.02 Å². The first-order valence-corrected chi connectivity index (χ1v) is 7.46. The fraction of sp³-hybridized carbons (Fsp3) is 0.133. The third-order valence-electron chi connectivity index (χ3n) is 2.98. The van der Waals surface area contributed by atoms with Crippen LogP contribution in [0.1, 0.15) is 10.4 Å². The number of nitrogens with one attached hydrogen (secondary N) is 1. The molecule has 0 spiro atoms. The van der Waals surface area contributed by atoms with Gasteiger partial charge in [-0.3, -0.25) is 4.79 Å². The van der Waals surface area contributed by atoms with Crippen LogP contribution in [0.15, 0.2) is 40.9 Å². The fourth-order valence-corrected chi connectivity index (χ4v) is 2.39. The lowest BCUT2D eigenvalue weighted by Crippen LogP contribution is -2.17. The van der Waals surface area contributed by atoms with Crippen molar-refractivity contribution in [1.29, 1.82) is 0 Å². The number of halogens is 2. The molecule has 0 aromatic heterocycles. The Balaban J connectivity index is 1.80. The molecule has 1 amide bonds. The number of ether oxygens (including phenoxy) is 2. The Morgan fingerprint density at radius 2 is 1.86 bits per heavy atom. The number of hydrogen-bond acceptors (Lipinski definition) is 3. The number of rotatable bonds is 2. The Morgan fingerprint density at radius 1 is 1.10 bits per heavy atom. The van der Waals surface area contributed by atoms with Gasteiger partial charge in [0.15, 0.2) is 11.5 Å². The molecule has 6 heteroatoms. The maximum absolute atomic E-state index is 12.2. The molecule has 3 rings (SSSR count). The average Bonchev–Trinajstić information content (AvgIpc) is 2.50. The highest BCUT2D eigenvalue weighted by Gasteiger charge is 2.15. The molecule has 1 aliphatic heterocycles. The van der Waals surface area contributed by atoms with Crippen LogP contribution in [0.5, 0.6) is 11.5 Å². The van der Waals surface area contributed by atoms with Gasteiger partial charge in [-0.25, -0.2) is 0 Å². The molecule has 0 saturated heterocycles. The molecule has 108 valence electrons. The molecule has 2 aromatic rings. The van der Waals surface area contributed by atoms with E-state index < -0.39 is 0 Å². The van der Waals surface area contributed by atoms with Gasteiger partial charge in [-0.2, -0.15) is 0 Å². The van der Waals surface area contributed by atoms with E-state index >= 15 is 0 Å². The van der Waals surface area contributed by atoms with Gasteiger partial charge >= 0.3 is 0 Å². The molecule has 0 bridgehead atoms. The van der Waals surface area contributed by atoms with E-state index in [-0.39, 0.29) is 5.91 Å². The van der Waals surface area contributed by atoms with Crippen molar-refractivity contribution in [2.75, 3.05) is 18.5 Å². The number of benzene rings is 2. The fourth-order valence-electron chi connectivity index (χ4n) is 1.96. The predicted octanol–water partition coefficient (Wildman–Crippen LogP) is 4.13. The van der Waals surface area contributed by atoms with E-state index in [1.54, 1.807) is 36.4 Å². The second-order valence-electron chi connectivity index (χ2n) is 4.44. The topological polar surface area (TPSA) is 47.6 Å². The summed E-state index contributed by atoms with van der Waals surface area (Å²) < 4.78 is 11.7. The minimum absolute atomic E-state index is 0.231. The number of fused-ring (bicyclic) bond motifs is 1. The van der Waals surface area contributed by atoms with E-state index in [1.807, 2.05) is 0 Å². The lowest BCUT2D eigenvalue weighted by molar-refractivity contribution is 0.102. The molecule has 4 nitrogen and oxygen atoms in total. The van der Waals surface area contributed by atoms with Crippen molar-refractivity contribution in [1.82, 2.24) is 0 Å². The van der Waals surface area contributed by atoms with E-state index in [9.17, 15) is 4.79 Å². The predicted molar refractivity (Wildman–Crippen MR) is 84.5 cm³/mol. The normalized spacial score (nSPS) is 12.9. The Kier molecular flexibility index (Phi) is 4.03. The van der Waals surface area contributed by atoms with E-state index in [2.05, 4.69) is 21.2 Å². The van der Waals surface area contributed by atoms with Crippen LogP contribution in [0.4, 0.5) is 5.69 Å². The van der Waals surface area contributed by atoms with Crippen LogP contribution in [-0.2, 0) is 0 Å². The molecule has 1 heterocycles. The Bertz CT molecular complexity index is 705. The van der Waals surface area contributed by atoms with Crippen molar-refractivity contribution in [2.24, 2.45) is 0 Å². The van der Waals surface area contributed by atoms with Crippen LogP contribution >= 0.6 is 27.5 Å². The van der Waals surface area contributed by atoms with Crippen molar-refractivity contribution < 1.29 is 14.3 Å². The Labute approximate surface area is 135 Å². The van der Waals surface area contributed by atoms with Gasteiger partial charge in [-0.15, -0.1) is 0 Å². The summed E-state index contributed by atoms with van der Waals surface area (Å²) in [4.78, 5) is 12.2. The molecule has 1 aliphatic rings. The molecule has 0 aliphatic carbocycles. The number of anilines is 1. The minimum Gasteiger partial charge on any atom is -0.486 e. The summed E-state index contributed by atoms with van der Waals surface area (Å²) in [5.74, 6) is 1.01. The molecule has 0 saturated carbocycles. The zero-order chi connectivity index (χ0) is 14.8. The molecular formula is C15H11BrClNO3. The first kappa shape index (κ1) is 14.2. The third-order valence-corrected chi connectivity index (χ3v) is 4.21. The number of carbonyl (C=O) groups is 1. The van der Waals surface area contributed by atoms with E-state index in [1.165, 1.54) is 0 Å². The first-order valence-electron chi connectivity index (χ1n) is 6.29. The molecule has 21 heavy (non-hydrogen) atoms. The monoisotopic (exact) mass is 367 g/mol. The van der Waals surface area contributed by atoms with Crippen molar-refractivity contribution in [3.63, 3.8) is 0 Å². The zero-order valence-corrected chi connectivity index (χ0v) is 13.2. The molecule has 0 unspecified atom stereocenters. The second kappa shape index (κ2) is 5.95. The largest absolute Gasteiger partial charge is 0.486 e. The van der Waals surface area contributed by atoms with Crippen molar-refractivity contribution in [3.05, 3.63) is 51.5 Å². The summed E-state index contributed by atoms with van der Waals surface area (Å²) in [6.07, 6.45) is 0. The minimum atomic E-state index is -0.231. The van der Waals surface area contributed by atoms with Crippen LogP contribution in [0.3, 0.4) is 0 Å². The third kappa shape index (κ3) is 3.14. The maximum Gasteiger partial charge on any atom is 0.255 e.